The van der Waals surface area contributed by atoms with E-state index in [0.717, 1.165) is 17.7 Å². The van der Waals surface area contributed by atoms with Gasteiger partial charge < -0.3 is 14.7 Å². The van der Waals surface area contributed by atoms with Gasteiger partial charge >= 0.3 is 5.82 Å². The van der Waals surface area contributed by atoms with Crippen molar-refractivity contribution in [3.8, 4) is 0 Å². The predicted octanol–water partition coefficient (Wildman–Crippen LogP) is 0.0803. The van der Waals surface area contributed by atoms with Crippen LogP contribution in [0.3, 0.4) is 0 Å². The summed E-state index contributed by atoms with van der Waals surface area (Å²) in [5.41, 5.74) is 0. The van der Waals surface area contributed by atoms with Crippen LogP contribution in [0, 0.1) is 10.1 Å². The van der Waals surface area contributed by atoms with Gasteiger partial charge in [0.05, 0.1) is 13.5 Å². The summed E-state index contributed by atoms with van der Waals surface area (Å²) < 4.78 is 25.4. The van der Waals surface area contributed by atoms with Crippen LogP contribution in [0.1, 0.15) is 16.1 Å². The molecule has 2 heterocycles. The average Bonchev–Trinajstić information content (AvgIpc) is 2.95. The van der Waals surface area contributed by atoms with Crippen LogP contribution in [-0.2, 0) is 24.5 Å². The molecule has 19 heavy (non-hydrogen) atoms. The zero-order valence-corrected chi connectivity index (χ0v) is 11.2. The highest BCUT2D eigenvalue weighted by Crippen LogP contribution is 2.24. The van der Waals surface area contributed by atoms with Gasteiger partial charge in [0, 0.05) is 11.5 Å². The lowest BCUT2D eigenvalue weighted by Crippen LogP contribution is -2.12. The van der Waals surface area contributed by atoms with Gasteiger partial charge in [-0.25, -0.2) is 13.8 Å². The normalized spacial score (nSPS) is 14.2. The molecule has 2 aromatic rings. The van der Waals surface area contributed by atoms with Gasteiger partial charge in [0.1, 0.15) is 11.4 Å². The number of hydrogen-bond donors (Lipinski definition) is 1. The van der Waals surface area contributed by atoms with Crippen molar-refractivity contribution in [2.75, 3.05) is 0 Å². The second kappa shape index (κ2) is 5.46. The summed E-state index contributed by atoms with van der Waals surface area (Å²) in [5.74, 6) is 0.127. The van der Waals surface area contributed by atoms with E-state index < -0.39 is 21.3 Å². The highest BCUT2D eigenvalue weighted by atomic mass is 32.2. The summed E-state index contributed by atoms with van der Waals surface area (Å²) in [6.07, 6.45) is 1.13. The second-order valence-electron chi connectivity index (χ2n) is 3.52. The van der Waals surface area contributed by atoms with Crippen LogP contribution in [0.25, 0.3) is 0 Å². The number of hydrogen-bond acceptors (Lipinski definition) is 8. The Morgan fingerprint density at radius 3 is 2.89 bits per heavy atom. The first kappa shape index (κ1) is 13.6. The minimum absolute atomic E-state index is 0.0321. The van der Waals surface area contributed by atoms with Gasteiger partial charge in [0.25, 0.3) is 0 Å². The first-order valence-electron chi connectivity index (χ1n) is 4.90. The number of aromatic nitrogens is 5. The van der Waals surface area contributed by atoms with Gasteiger partial charge in [-0.1, -0.05) is 4.49 Å². The fraction of sp³-hybridized carbons (Fsp3) is 0.429. The van der Waals surface area contributed by atoms with Gasteiger partial charge in [-0.2, -0.15) is 0 Å². The van der Waals surface area contributed by atoms with Crippen LogP contribution in [0.5, 0.6) is 0 Å². The number of nitrogens with zero attached hydrogens (tertiary/aromatic N) is 6. The summed E-state index contributed by atoms with van der Waals surface area (Å²) >= 11 is -1.30. The maximum Gasteiger partial charge on any atom is 0.342 e. The Bertz CT molecular complexity index is 611. The van der Waals surface area contributed by atoms with Crippen LogP contribution in [0.4, 0.5) is 5.82 Å². The SMILES string of the molecule is Cn1c([N+](=O)[O-])cnc1CC(c1nnns1)S(=O)O. The zero-order valence-electron chi connectivity index (χ0n) is 9.53. The Hall–Kier alpha value is -1.79. The maximum atomic E-state index is 11.3. The average molecular weight is 304 g/mol. The molecule has 0 spiro atoms. The van der Waals surface area contributed by atoms with E-state index in [4.69, 9.17) is 0 Å². The minimum Gasteiger partial charge on any atom is -0.358 e. The first-order valence-corrected chi connectivity index (χ1v) is 6.84. The fourth-order valence-corrected chi connectivity index (χ4v) is 2.79. The van der Waals surface area contributed by atoms with Crippen LogP contribution < -0.4 is 0 Å². The molecule has 0 saturated heterocycles. The largest absolute Gasteiger partial charge is 0.358 e. The van der Waals surface area contributed by atoms with Crippen LogP contribution in [0.15, 0.2) is 6.20 Å². The van der Waals surface area contributed by atoms with Crippen LogP contribution >= 0.6 is 11.5 Å². The van der Waals surface area contributed by atoms with E-state index in [-0.39, 0.29) is 17.2 Å². The van der Waals surface area contributed by atoms with Crippen molar-refractivity contribution in [1.29, 1.82) is 0 Å². The minimum atomic E-state index is -2.20. The topological polar surface area (TPSA) is 137 Å². The Balaban J connectivity index is 2.28. The molecule has 2 rings (SSSR count). The lowest BCUT2D eigenvalue weighted by atomic mass is 10.3. The van der Waals surface area contributed by atoms with Crippen molar-refractivity contribution >= 4 is 28.4 Å². The third-order valence-corrected chi connectivity index (χ3v) is 4.18. The molecule has 1 N–H and O–H groups in total. The monoisotopic (exact) mass is 304 g/mol. The summed E-state index contributed by atoms with van der Waals surface area (Å²) in [6.45, 7) is 0. The van der Waals surface area contributed by atoms with E-state index in [1.807, 2.05) is 0 Å². The molecular weight excluding hydrogens is 296 g/mol. The Morgan fingerprint density at radius 1 is 1.68 bits per heavy atom. The van der Waals surface area contributed by atoms with Crippen molar-refractivity contribution in [3.05, 3.63) is 27.1 Å². The standard InChI is InChI=1S/C7H8N6O4S2/c1-12-5(8-3-6(12)13(14)15)2-4(19(16)17)7-9-10-11-18-7/h3-4H,2H2,1H3,(H,16,17). The molecule has 0 aromatic carbocycles. The molecule has 0 fully saturated rings. The summed E-state index contributed by atoms with van der Waals surface area (Å²) in [6, 6.07) is 0. The van der Waals surface area contributed by atoms with E-state index in [1.165, 1.54) is 11.6 Å². The molecule has 2 atom stereocenters. The van der Waals surface area contributed by atoms with Gasteiger partial charge in [-0.05, 0) is 10.1 Å². The van der Waals surface area contributed by atoms with Gasteiger partial charge in [0.15, 0.2) is 21.9 Å². The number of nitro groups is 1. The molecule has 12 heteroatoms. The van der Waals surface area contributed by atoms with Crippen molar-refractivity contribution in [1.82, 2.24) is 24.4 Å². The number of imidazole rings is 1. The molecule has 0 radical (unpaired) electrons. The van der Waals surface area contributed by atoms with E-state index >= 15 is 0 Å². The highest BCUT2D eigenvalue weighted by Gasteiger charge is 2.27. The molecule has 102 valence electrons. The second-order valence-corrected chi connectivity index (χ2v) is 5.40. The van der Waals surface area contributed by atoms with Crippen molar-refractivity contribution in [2.45, 2.75) is 11.7 Å². The molecular formula is C7H8N6O4S2. The van der Waals surface area contributed by atoms with Crippen LogP contribution in [-0.4, -0.2) is 38.0 Å². The van der Waals surface area contributed by atoms with Gasteiger partial charge in [-0.15, -0.1) is 5.10 Å². The quantitative estimate of drug-likeness (QED) is 0.465. The Morgan fingerprint density at radius 2 is 2.42 bits per heavy atom. The predicted molar refractivity (Wildman–Crippen MR) is 64.8 cm³/mol. The zero-order chi connectivity index (χ0) is 14.0. The maximum absolute atomic E-state index is 11.3. The van der Waals surface area contributed by atoms with Gasteiger partial charge in [0.2, 0.25) is 0 Å². The lowest BCUT2D eigenvalue weighted by molar-refractivity contribution is -0.391. The van der Waals surface area contributed by atoms with Crippen molar-refractivity contribution < 1.29 is 13.7 Å². The van der Waals surface area contributed by atoms with Crippen molar-refractivity contribution in [2.24, 2.45) is 7.05 Å². The van der Waals surface area contributed by atoms with E-state index in [1.54, 1.807) is 0 Å². The summed E-state index contributed by atoms with van der Waals surface area (Å²) in [5, 5.41) is 17.1. The summed E-state index contributed by atoms with van der Waals surface area (Å²) in [7, 11) is 1.47. The molecule has 10 nitrogen and oxygen atoms in total. The molecule has 0 aliphatic carbocycles. The molecule has 2 aromatic heterocycles. The van der Waals surface area contributed by atoms with Crippen LogP contribution in [0.2, 0.25) is 0 Å². The van der Waals surface area contributed by atoms with E-state index in [0.29, 0.717) is 5.82 Å². The lowest BCUT2D eigenvalue weighted by Gasteiger charge is -2.06. The van der Waals surface area contributed by atoms with Crippen molar-refractivity contribution in [3.63, 3.8) is 0 Å². The highest BCUT2D eigenvalue weighted by molar-refractivity contribution is 7.79. The smallest absolute Gasteiger partial charge is 0.342 e. The molecule has 0 bridgehead atoms. The molecule has 0 amide bonds. The molecule has 0 aliphatic heterocycles. The van der Waals surface area contributed by atoms with Gasteiger partial charge in [-0.3, -0.25) is 0 Å². The van der Waals surface area contributed by atoms with E-state index in [9.17, 15) is 18.9 Å². The first-order chi connectivity index (χ1) is 9.00. The molecule has 0 saturated carbocycles. The summed E-state index contributed by atoms with van der Waals surface area (Å²) in [4.78, 5) is 14.0. The van der Waals surface area contributed by atoms with E-state index in [2.05, 4.69) is 19.8 Å². The Labute approximate surface area is 113 Å². The molecule has 0 aliphatic rings. The third kappa shape index (κ3) is 2.80. The number of rotatable bonds is 5. The third-order valence-electron chi connectivity index (χ3n) is 2.45. The Kier molecular flexibility index (Phi) is 3.92. The molecule has 2 unspecified atom stereocenters. The fourth-order valence-electron chi connectivity index (χ4n) is 1.47.